The van der Waals surface area contributed by atoms with Crippen LogP contribution in [0, 0.1) is 0 Å². The maximum absolute atomic E-state index is 13.2. The number of ketones is 1. The van der Waals surface area contributed by atoms with Gasteiger partial charge in [-0.1, -0.05) is 60.7 Å². The van der Waals surface area contributed by atoms with Gasteiger partial charge >= 0.3 is 5.97 Å². The van der Waals surface area contributed by atoms with Gasteiger partial charge in [-0.2, -0.15) is 0 Å². The van der Waals surface area contributed by atoms with Gasteiger partial charge in [0.2, 0.25) is 0 Å². The van der Waals surface area contributed by atoms with E-state index in [4.69, 9.17) is 4.74 Å². The van der Waals surface area contributed by atoms with E-state index in [0.717, 1.165) is 5.56 Å². The number of rotatable bonds is 8. The molecule has 0 spiro atoms. The average molecular weight is 403 g/mol. The summed E-state index contributed by atoms with van der Waals surface area (Å²) in [6, 6.07) is 21.1. The normalized spacial score (nSPS) is 10.5. The topological polar surface area (TPSA) is 66.8 Å². The molecule has 30 heavy (non-hydrogen) atoms. The number of phenolic OH excluding ortho intramolecular Hbond substituents is 1. The summed E-state index contributed by atoms with van der Waals surface area (Å²) in [5.74, 6) is -1.28. The van der Waals surface area contributed by atoms with Crippen molar-refractivity contribution in [2.75, 3.05) is 18.0 Å². The molecule has 0 unspecified atom stereocenters. The second-order valence-corrected chi connectivity index (χ2v) is 6.79. The Labute approximate surface area is 176 Å². The van der Waals surface area contributed by atoms with Crippen LogP contribution < -0.4 is 4.90 Å². The first-order chi connectivity index (χ1) is 14.6. The Bertz CT molecular complexity index is 1010. The van der Waals surface area contributed by atoms with Gasteiger partial charge in [-0.25, -0.2) is 4.79 Å². The van der Waals surface area contributed by atoms with Gasteiger partial charge in [0.05, 0.1) is 16.8 Å². The molecule has 5 nitrogen and oxygen atoms in total. The standard InChI is InChI=1S/C25H25NO4/c1-3-26(4-2)21-16-15-20(25(29)30-17-18-11-7-5-8-12-18)22(24(21)28)23(27)19-13-9-6-10-14-19/h5-16,28H,3-4,17H2,1-2H3. The number of carbonyl (C=O) groups excluding carboxylic acids is 2. The molecule has 0 aliphatic rings. The van der Waals surface area contributed by atoms with Gasteiger partial charge in [0.1, 0.15) is 6.61 Å². The summed E-state index contributed by atoms with van der Waals surface area (Å²) in [5, 5.41) is 11.0. The number of ether oxygens (including phenoxy) is 1. The summed E-state index contributed by atoms with van der Waals surface area (Å²) in [4.78, 5) is 28.0. The maximum Gasteiger partial charge on any atom is 0.339 e. The largest absolute Gasteiger partial charge is 0.505 e. The van der Waals surface area contributed by atoms with Crippen LogP contribution in [-0.2, 0) is 11.3 Å². The molecule has 0 radical (unpaired) electrons. The van der Waals surface area contributed by atoms with Gasteiger partial charge in [-0.3, -0.25) is 4.79 Å². The second-order valence-electron chi connectivity index (χ2n) is 6.79. The molecule has 0 amide bonds. The molecule has 0 fully saturated rings. The molecule has 3 aromatic carbocycles. The monoisotopic (exact) mass is 403 g/mol. The number of esters is 1. The Kier molecular flexibility index (Phi) is 6.86. The number of carbonyl (C=O) groups is 2. The fourth-order valence-electron chi connectivity index (χ4n) is 3.33. The molecule has 0 aromatic heterocycles. The molecular weight excluding hydrogens is 378 g/mol. The Morgan fingerprint density at radius 2 is 1.47 bits per heavy atom. The lowest BCUT2D eigenvalue weighted by Gasteiger charge is -2.24. The van der Waals surface area contributed by atoms with Crippen LogP contribution in [0.2, 0.25) is 0 Å². The Hall–Kier alpha value is -3.60. The van der Waals surface area contributed by atoms with Crippen molar-refractivity contribution in [3.8, 4) is 5.75 Å². The zero-order valence-electron chi connectivity index (χ0n) is 17.2. The molecule has 3 aromatic rings. The first-order valence-electron chi connectivity index (χ1n) is 9.98. The van der Waals surface area contributed by atoms with E-state index < -0.39 is 11.8 Å². The van der Waals surface area contributed by atoms with Gasteiger partial charge < -0.3 is 14.7 Å². The number of benzene rings is 3. The van der Waals surface area contributed by atoms with Crippen LogP contribution in [0.25, 0.3) is 0 Å². The molecule has 5 heteroatoms. The van der Waals surface area contributed by atoms with Crippen LogP contribution in [-0.4, -0.2) is 29.9 Å². The molecule has 1 N–H and O–H groups in total. The fourth-order valence-corrected chi connectivity index (χ4v) is 3.33. The van der Waals surface area contributed by atoms with Gasteiger partial charge in [-0.15, -0.1) is 0 Å². The molecule has 0 aliphatic heterocycles. The highest BCUT2D eigenvalue weighted by Crippen LogP contribution is 2.35. The molecule has 3 rings (SSSR count). The van der Waals surface area contributed by atoms with Crippen LogP contribution in [0.3, 0.4) is 0 Å². The van der Waals surface area contributed by atoms with Gasteiger partial charge in [0, 0.05) is 18.7 Å². The van der Waals surface area contributed by atoms with Crippen molar-refractivity contribution in [2.24, 2.45) is 0 Å². The van der Waals surface area contributed by atoms with Gasteiger partial charge in [0.15, 0.2) is 11.5 Å². The fraction of sp³-hybridized carbons (Fsp3) is 0.200. The third kappa shape index (κ3) is 4.51. The van der Waals surface area contributed by atoms with Crippen LogP contribution in [0.15, 0.2) is 72.8 Å². The smallest absolute Gasteiger partial charge is 0.339 e. The van der Waals surface area contributed by atoms with Crippen molar-refractivity contribution in [3.05, 3.63) is 95.1 Å². The van der Waals surface area contributed by atoms with Crippen molar-refractivity contribution < 1.29 is 19.4 Å². The molecule has 0 saturated heterocycles. The highest BCUT2D eigenvalue weighted by molar-refractivity contribution is 6.17. The van der Waals surface area contributed by atoms with Crippen LogP contribution in [0.5, 0.6) is 5.75 Å². The number of aromatic hydroxyl groups is 1. The van der Waals surface area contributed by atoms with E-state index in [1.165, 1.54) is 0 Å². The van der Waals surface area contributed by atoms with Crippen molar-refractivity contribution in [2.45, 2.75) is 20.5 Å². The summed E-state index contributed by atoms with van der Waals surface area (Å²) in [6.07, 6.45) is 0. The number of hydrogen-bond donors (Lipinski definition) is 1. The van der Waals surface area contributed by atoms with E-state index in [1.807, 2.05) is 49.1 Å². The summed E-state index contributed by atoms with van der Waals surface area (Å²) in [7, 11) is 0. The van der Waals surface area contributed by atoms with Crippen molar-refractivity contribution in [1.29, 1.82) is 0 Å². The zero-order chi connectivity index (χ0) is 21.5. The first-order valence-corrected chi connectivity index (χ1v) is 9.98. The summed E-state index contributed by atoms with van der Waals surface area (Å²) < 4.78 is 5.43. The number of nitrogens with zero attached hydrogens (tertiary/aromatic N) is 1. The first kappa shape index (κ1) is 21.1. The van der Waals surface area contributed by atoms with E-state index in [-0.39, 0.29) is 23.5 Å². The Morgan fingerprint density at radius 3 is 2.07 bits per heavy atom. The summed E-state index contributed by atoms with van der Waals surface area (Å²) >= 11 is 0. The minimum Gasteiger partial charge on any atom is -0.505 e. The van der Waals surface area contributed by atoms with Gasteiger partial charge in [0.25, 0.3) is 0 Å². The molecule has 0 bridgehead atoms. The van der Waals surface area contributed by atoms with Crippen molar-refractivity contribution >= 4 is 17.4 Å². The Morgan fingerprint density at radius 1 is 0.867 bits per heavy atom. The van der Waals surface area contributed by atoms with Crippen LogP contribution in [0.1, 0.15) is 45.7 Å². The number of phenols is 1. The van der Waals surface area contributed by atoms with E-state index in [2.05, 4.69) is 0 Å². The van der Waals surface area contributed by atoms with E-state index in [9.17, 15) is 14.7 Å². The SMILES string of the molecule is CCN(CC)c1ccc(C(=O)OCc2ccccc2)c(C(=O)c2ccccc2)c1O. The predicted molar refractivity (Wildman–Crippen MR) is 117 cm³/mol. The highest BCUT2D eigenvalue weighted by atomic mass is 16.5. The average Bonchev–Trinajstić information content (AvgIpc) is 2.80. The minimum absolute atomic E-state index is 0.0383. The quantitative estimate of drug-likeness (QED) is 0.431. The van der Waals surface area contributed by atoms with E-state index >= 15 is 0 Å². The maximum atomic E-state index is 13.2. The zero-order valence-corrected chi connectivity index (χ0v) is 17.2. The number of anilines is 1. The van der Waals surface area contributed by atoms with Gasteiger partial charge in [-0.05, 0) is 31.5 Å². The predicted octanol–water partition coefficient (Wildman–Crippen LogP) is 4.83. The lowest BCUT2D eigenvalue weighted by molar-refractivity contribution is 0.0469. The molecular formula is C25H25NO4. The summed E-state index contributed by atoms with van der Waals surface area (Å²) in [6.45, 7) is 5.31. The van der Waals surface area contributed by atoms with Crippen molar-refractivity contribution in [3.63, 3.8) is 0 Å². The third-order valence-electron chi connectivity index (χ3n) is 4.96. The molecule has 0 aliphatic carbocycles. The highest BCUT2D eigenvalue weighted by Gasteiger charge is 2.26. The van der Waals surface area contributed by atoms with Crippen LogP contribution >= 0.6 is 0 Å². The molecule has 0 saturated carbocycles. The number of hydrogen-bond acceptors (Lipinski definition) is 5. The van der Waals surface area contributed by atoms with Crippen LogP contribution in [0.4, 0.5) is 5.69 Å². The van der Waals surface area contributed by atoms with E-state index in [1.54, 1.807) is 42.5 Å². The Balaban J connectivity index is 2.02. The molecule has 154 valence electrons. The lowest BCUT2D eigenvalue weighted by atomic mass is 9.96. The lowest BCUT2D eigenvalue weighted by Crippen LogP contribution is -2.23. The van der Waals surface area contributed by atoms with E-state index in [0.29, 0.717) is 24.3 Å². The summed E-state index contributed by atoms with van der Waals surface area (Å²) in [5.41, 5.74) is 1.75. The molecule has 0 atom stereocenters. The second kappa shape index (κ2) is 9.74. The van der Waals surface area contributed by atoms with Crippen molar-refractivity contribution in [1.82, 2.24) is 0 Å². The molecule has 0 heterocycles. The third-order valence-corrected chi connectivity index (χ3v) is 4.96. The minimum atomic E-state index is -0.653.